The number of aliphatic hydroxyl groups is 1. The number of aromatic nitrogens is 4. The highest BCUT2D eigenvalue weighted by atomic mass is 32.1. The monoisotopic (exact) mass is 521 g/mol. The van der Waals surface area contributed by atoms with Gasteiger partial charge in [0.1, 0.15) is 23.2 Å². The van der Waals surface area contributed by atoms with Crippen LogP contribution in [0, 0.1) is 5.82 Å². The van der Waals surface area contributed by atoms with Crippen molar-refractivity contribution < 1.29 is 19.1 Å². The molecule has 1 aliphatic rings. The van der Waals surface area contributed by atoms with E-state index in [2.05, 4.69) is 32.2 Å². The van der Waals surface area contributed by atoms with Crippen LogP contribution in [-0.2, 0) is 16.1 Å². The van der Waals surface area contributed by atoms with Crippen LogP contribution < -0.4 is 10.6 Å². The number of rotatable bonds is 8. The van der Waals surface area contributed by atoms with Gasteiger partial charge in [0.15, 0.2) is 5.13 Å². The van der Waals surface area contributed by atoms with Crippen molar-refractivity contribution in [3.05, 3.63) is 67.5 Å². The predicted octanol–water partition coefficient (Wildman–Crippen LogP) is 2.70. The summed E-state index contributed by atoms with van der Waals surface area (Å²) in [7, 11) is 0. The molecule has 190 valence electrons. The van der Waals surface area contributed by atoms with Gasteiger partial charge in [0, 0.05) is 31.9 Å². The molecule has 1 fully saturated rings. The Bertz CT molecular complexity index is 1450. The molecule has 0 unspecified atom stereocenters. The zero-order chi connectivity index (χ0) is 25.9. The molecule has 0 saturated carbocycles. The summed E-state index contributed by atoms with van der Waals surface area (Å²) in [5.74, 6) is -0.503. The number of nitrogens with zero attached hydrogens (tertiary/aromatic N) is 5. The second-order valence-electron chi connectivity index (χ2n) is 8.49. The number of imidazole rings is 1. The number of fused-ring (bicyclic) bond motifs is 1. The SMILES string of the molecule is C=CC(=O)N1CC[C@H](O)[C@H]1C(=O)NCCn1cnc2cnc(Nc3ncc(-c4ccc(F)cc4)s3)cc21. The number of hydrogen-bond acceptors (Lipinski definition) is 8. The number of benzene rings is 1. The van der Waals surface area contributed by atoms with Gasteiger partial charge in [0.2, 0.25) is 11.8 Å². The molecule has 0 spiro atoms. The zero-order valence-corrected chi connectivity index (χ0v) is 20.5. The first-order valence-electron chi connectivity index (χ1n) is 11.6. The number of carbonyl (C=O) groups excluding carboxylic acids is 2. The molecule has 0 radical (unpaired) electrons. The van der Waals surface area contributed by atoms with Crippen molar-refractivity contribution in [2.75, 3.05) is 18.4 Å². The van der Waals surface area contributed by atoms with Gasteiger partial charge in [-0.05, 0) is 30.2 Å². The number of carbonyl (C=O) groups is 2. The van der Waals surface area contributed by atoms with Crippen molar-refractivity contribution in [1.29, 1.82) is 0 Å². The smallest absolute Gasteiger partial charge is 0.246 e. The Kier molecular flexibility index (Phi) is 6.93. The number of anilines is 2. The lowest BCUT2D eigenvalue weighted by atomic mass is 10.1. The topological polar surface area (TPSA) is 125 Å². The van der Waals surface area contributed by atoms with E-state index in [1.807, 2.05) is 10.6 Å². The standard InChI is InChI=1S/C25H24FN7O3S/c1-2-22(35)33-9-7-19(34)23(33)24(36)27-8-10-32-14-30-17-12-28-21(11-18(17)32)31-25-29-13-20(37-25)15-3-5-16(26)6-4-15/h2-6,11-14,19,23,34H,1,7-10H2,(H,27,36)(H,28,29,31)/t19-,23-/m0/s1. The summed E-state index contributed by atoms with van der Waals surface area (Å²) in [5.41, 5.74) is 2.38. The quantitative estimate of drug-likeness (QED) is 0.305. The normalized spacial score (nSPS) is 17.2. The van der Waals surface area contributed by atoms with Crippen LogP contribution in [0.4, 0.5) is 15.3 Å². The minimum atomic E-state index is -0.928. The van der Waals surface area contributed by atoms with Crippen LogP contribution in [0.5, 0.6) is 0 Å². The zero-order valence-electron chi connectivity index (χ0n) is 19.7. The Balaban J connectivity index is 1.23. The maximum atomic E-state index is 13.2. The summed E-state index contributed by atoms with van der Waals surface area (Å²) in [4.78, 5) is 40.1. The molecule has 3 aromatic heterocycles. The summed E-state index contributed by atoms with van der Waals surface area (Å²) in [5, 5.41) is 16.8. The molecule has 4 aromatic rings. The molecule has 1 aromatic carbocycles. The van der Waals surface area contributed by atoms with Crippen LogP contribution in [0.1, 0.15) is 6.42 Å². The minimum Gasteiger partial charge on any atom is -0.390 e. The number of pyridine rings is 1. The van der Waals surface area contributed by atoms with Gasteiger partial charge in [-0.15, -0.1) is 0 Å². The van der Waals surface area contributed by atoms with Crippen molar-refractivity contribution in [3.63, 3.8) is 0 Å². The van der Waals surface area contributed by atoms with Crippen LogP contribution >= 0.6 is 11.3 Å². The first kappa shape index (κ1) is 24.5. The molecule has 5 rings (SSSR count). The Morgan fingerprint density at radius 1 is 1.22 bits per heavy atom. The lowest BCUT2D eigenvalue weighted by Gasteiger charge is -2.24. The Morgan fingerprint density at radius 2 is 2.03 bits per heavy atom. The Labute approximate surface area is 215 Å². The average molecular weight is 522 g/mol. The molecule has 2 amide bonds. The maximum absolute atomic E-state index is 13.2. The fourth-order valence-corrected chi connectivity index (χ4v) is 5.09. The fourth-order valence-electron chi connectivity index (χ4n) is 4.26. The molecule has 12 heteroatoms. The second-order valence-corrected chi connectivity index (χ2v) is 9.52. The van der Waals surface area contributed by atoms with E-state index < -0.39 is 18.1 Å². The van der Waals surface area contributed by atoms with E-state index in [1.54, 1.807) is 30.9 Å². The van der Waals surface area contributed by atoms with E-state index in [-0.39, 0.29) is 18.3 Å². The molecule has 10 nitrogen and oxygen atoms in total. The van der Waals surface area contributed by atoms with Gasteiger partial charge < -0.3 is 25.2 Å². The number of nitrogens with one attached hydrogen (secondary N) is 2. The molecular weight excluding hydrogens is 497 g/mol. The molecular formula is C25H24FN7O3S. The Hall–Kier alpha value is -4.16. The fraction of sp³-hybridized carbons (Fsp3) is 0.240. The largest absolute Gasteiger partial charge is 0.390 e. The summed E-state index contributed by atoms with van der Waals surface area (Å²) >= 11 is 1.42. The number of aliphatic hydroxyl groups excluding tert-OH is 1. The summed E-state index contributed by atoms with van der Waals surface area (Å²) in [6, 6.07) is 7.15. The van der Waals surface area contributed by atoms with E-state index in [0.29, 0.717) is 36.0 Å². The van der Waals surface area contributed by atoms with Crippen molar-refractivity contribution in [2.24, 2.45) is 0 Å². The number of amides is 2. The molecule has 37 heavy (non-hydrogen) atoms. The van der Waals surface area contributed by atoms with Crippen LogP contribution in [-0.4, -0.2) is 66.6 Å². The van der Waals surface area contributed by atoms with Gasteiger partial charge in [0.25, 0.3) is 0 Å². The third-order valence-electron chi connectivity index (χ3n) is 6.12. The number of hydrogen-bond donors (Lipinski definition) is 3. The first-order chi connectivity index (χ1) is 17.9. The first-order valence-corrected chi connectivity index (χ1v) is 12.4. The van der Waals surface area contributed by atoms with E-state index >= 15 is 0 Å². The van der Waals surface area contributed by atoms with Crippen molar-refractivity contribution in [1.82, 2.24) is 29.7 Å². The summed E-state index contributed by atoms with van der Waals surface area (Å²) in [6.45, 7) is 4.47. The van der Waals surface area contributed by atoms with Gasteiger partial charge in [-0.3, -0.25) is 9.59 Å². The van der Waals surface area contributed by atoms with Gasteiger partial charge in [-0.2, -0.15) is 0 Å². The highest BCUT2D eigenvalue weighted by molar-refractivity contribution is 7.18. The highest BCUT2D eigenvalue weighted by Gasteiger charge is 2.39. The number of halogens is 1. The van der Waals surface area contributed by atoms with E-state index in [1.165, 1.54) is 28.4 Å². The third-order valence-corrected chi connectivity index (χ3v) is 7.08. The molecule has 1 aliphatic heterocycles. The van der Waals surface area contributed by atoms with Crippen molar-refractivity contribution in [2.45, 2.75) is 25.1 Å². The summed E-state index contributed by atoms with van der Waals surface area (Å²) in [6.07, 6.45) is 5.61. The van der Waals surface area contributed by atoms with Gasteiger partial charge in [0.05, 0.1) is 29.0 Å². The van der Waals surface area contributed by atoms with E-state index in [0.717, 1.165) is 22.0 Å². The second kappa shape index (κ2) is 10.4. The minimum absolute atomic E-state index is 0.280. The van der Waals surface area contributed by atoms with Crippen molar-refractivity contribution >= 4 is 45.1 Å². The van der Waals surface area contributed by atoms with Gasteiger partial charge >= 0.3 is 0 Å². The average Bonchev–Trinajstić information content (AvgIpc) is 3.63. The van der Waals surface area contributed by atoms with Crippen molar-refractivity contribution in [3.8, 4) is 10.4 Å². The molecule has 4 heterocycles. The molecule has 0 bridgehead atoms. The molecule has 0 aliphatic carbocycles. The van der Waals surface area contributed by atoms with Gasteiger partial charge in [-0.25, -0.2) is 19.3 Å². The van der Waals surface area contributed by atoms with Crippen LogP contribution in [0.25, 0.3) is 21.5 Å². The highest BCUT2D eigenvalue weighted by Crippen LogP contribution is 2.31. The number of thiazole rings is 1. The summed E-state index contributed by atoms with van der Waals surface area (Å²) < 4.78 is 15.1. The maximum Gasteiger partial charge on any atom is 0.246 e. The predicted molar refractivity (Wildman–Crippen MR) is 138 cm³/mol. The lowest BCUT2D eigenvalue weighted by molar-refractivity contribution is -0.137. The van der Waals surface area contributed by atoms with E-state index in [4.69, 9.17) is 0 Å². The van der Waals surface area contributed by atoms with Crippen LogP contribution in [0.2, 0.25) is 0 Å². The van der Waals surface area contributed by atoms with Crippen LogP contribution in [0.3, 0.4) is 0 Å². The van der Waals surface area contributed by atoms with Crippen LogP contribution in [0.15, 0.2) is 61.7 Å². The molecule has 3 N–H and O–H groups in total. The lowest BCUT2D eigenvalue weighted by Crippen LogP contribution is -2.50. The number of likely N-dealkylation sites (tertiary alicyclic amines) is 1. The molecule has 2 atom stereocenters. The van der Waals surface area contributed by atoms with E-state index in [9.17, 15) is 19.1 Å². The Morgan fingerprint density at radius 3 is 2.81 bits per heavy atom. The third kappa shape index (κ3) is 5.20. The van der Waals surface area contributed by atoms with Gasteiger partial charge in [-0.1, -0.05) is 30.0 Å². The molecule has 1 saturated heterocycles.